The van der Waals surface area contributed by atoms with Crippen molar-refractivity contribution in [3.63, 3.8) is 0 Å². The highest BCUT2D eigenvalue weighted by atomic mass is 19.1. The standard InChI is InChI=1S/C16H14FN3O3/c1-22-14-8-11(2-3-12(14)17)9-19-13-4-5-15-18-6-7-20(15)16(13)23-10-21/h2-8,10,19H,9H2,1H3. The molecular weight excluding hydrogens is 301 g/mol. The minimum atomic E-state index is -0.416. The molecule has 6 nitrogen and oxygen atoms in total. The van der Waals surface area contributed by atoms with Crippen molar-refractivity contribution in [1.29, 1.82) is 0 Å². The normalized spacial score (nSPS) is 10.5. The van der Waals surface area contributed by atoms with Gasteiger partial charge in [-0.05, 0) is 29.8 Å². The van der Waals surface area contributed by atoms with Gasteiger partial charge in [-0.2, -0.15) is 0 Å². The van der Waals surface area contributed by atoms with Crippen LogP contribution in [0.1, 0.15) is 5.56 Å². The Labute approximate surface area is 131 Å². The molecule has 23 heavy (non-hydrogen) atoms. The SMILES string of the molecule is COc1cc(CNc2ccc3nccn3c2OC=O)ccc1F. The van der Waals surface area contributed by atoms with Crippen molar-refractivity contribution < 1.29 is 18.7 Å². The first-order valence-corrected chi connectivity index (χ1v) is 6.85. The highest BCUT2D eigenvalue weighted by Gasteiger charge is 2.10. The lowest BCUT2D eigenvalue weighted by Crippen LogP contribution is -2.05. The van der Waals surface area contributed by atoms with Crippen LogP contribution >= 0.6 is 0 Å². The van der Waals surface area contributed by atoms with Crippen LogP contribution in [0, 0.1) is 5.82 Å². The van der Waals surface area contributed by atoms with Gasteiger partial charge in [-0.3, -0.25) is 9.20 Å². The third kappa shape index (κ3) is 2.94. The number of nitrogens with zero attached hydrogens (tertiary/aromatic N) is 2. The van der Waals surface area contributed by atoms with Gasteiger partial charge in [0.25, 0.3) is 6.47 Å². The van der Waals surface area contributed by atoms with Crippen LogP contribution in [0.15, 0.2) is 42.7 Å². The van der Waals surface area contributed by atoms with Gasteiger partial charge in [-0.1, -0.05) is 6.07 Å². The van der Waals surface area contributed by atoms with Gasteiger partial charge in [0, 0.05) is 18.9 Å². The number of carbonyl (C=O) groups excluding carboxylic acids is 1. The van der Waals surface area contributed by atoms with Crippen LogP contribution in [-0.2, 0) is 11.3 Å². The Hall–Kier alpha value is -3.09. The van der Waals surface area contributed by atoms with Crippen LogP contribution in [0.3, 0.4) is 0 Å². The second-order valence-electron chi connectivity index (χ2n) is 4.74. The maximum absolute atomic E-state index is 13.4. The van der Waals surface area contributed by atoms with E-state index in [-0.39, 0.29) is 5.75 Å². The number of fused-ring (bicyclic) bond motifs is 1. The number of halogens is 1. The van der Waals surface area contributed by atoms with Gasteiger partial charge in [-0.15, -0.1) is 0 Å². The highest BCUT2D eigenvalue weighted by molar-refractivity contribution is 5.63. The summed E-state index contributed by atoms with van der Waals surface area (Å²) < 4.78 is 25.1. The predicted molar refractivity (Wildman–Crippen MR) is 82.2 cm³/mol. The number of hydrogen-bond acceptors (Lipinski definition) is 5. The topological polar surface area (TPSA) is 64.9 Å². The molecule has 0 saturated carbocycles. The van der Waals surface area contributed by atoms with Gasteiger partial charge in [0.1, 0.15) is 5.65 Å². The first kappa shape index (κ1) is 14.8. The molecule has 0 saturated heterocycles. The fraction of sp³-hybridized carbons (Fsp3) is 0.125. The van der Waals surface area contributed by atoms with Crippen molar-refractivity contribution in [1.82, 2.24) is 9.38 Å². The van der Waals surface area contributed by atoms with Crippen molar-refractivity contribution in [2.75, 3.05) is 12.4 Å². The molecule has 0 aliphatic rings. The van der Waals surface area contributed by atoms with E-state index in [0.717, 1.165) is 5.56 Å². The lowest BCUT2D eigenvalue weighted by molar-refractivity contribution is -0.120. The van der Waals surface area contributed by atoms with E-state index in [1.165, 1.54) is 13.2 Å². The summed E-state index contributed by atoms with van der Waals surface area (Å²) in [4.78, 5) is 14.9. The molecule has 0 aliphatic heterocycles. The third-order valence-corrected chi connectivity index (χ3v) is 3.38. The van der Waals surface area contributed by atoms with Crippen LogP contribution < -0.4 is 14.8 Å². The molecule has 0 amide bonds. The lowest BCUT2D eigenvalue weighted by atomic mass is 10.2. The molecule has 1 N–H and O–H groups in total. The molecule has 3 aromatic rings. The molecule has 0 fully saturated rings. The van der Waals surface area contributed by atoms with Crippen LogP contribution in [0.4, 0.5) is 10.1 Å². The summed E-state index contributed by atoms with van der Waals surface area (Å²) in [5, 5.41) is 3.16. The molecule has 2 aromatic heterocycles. The lowest BCUT2D eigenvalue weighted by Gasteiger charge is -2.12. The number of imidazole rings is 1. The fourth-order valence-electron chi connectivity index (χ4n) is 2.28. The van der Waals surface area contributed by atoms with Gasteiger partial charge in [-0.25, -0.2) is 9.37 Å². The largest absolute Gasteiger partial charge is 0.494 e. The Bertz CT molecular complexity index is 848. The summed E-state index contributed by atoms with van der Waals surface area (Å²) >= 11 is 0. The second kappa shape index (κ2) is 6.35. The average Bonchev–Trinajstić information content (AvgIpc) is 3.04. The van der Waals surface area contributed by atoms with E-state index in [4.69, 9.17) is 9.47 Å². The number of methoxy groups -OCH3 is 1. The van der Waals surface area contributed by atoms with Gasteiger partial charge < -0.3 is 14.8 Å². The Morgan fingerprint density at radius 1 is 1.35 bits per heavy atom. The molecule has 2 heterocycles. The number of anilines is 1. The molecule has 118 valence electrons. The van der Waals surface area contributed by atoms with Crippen molar-refractivity contribution >= 4 is 17.8 Å². The first-order valence-electron chi connectivity index (χ1n) is 6.85. The number of aromatic nitrogens is 2. The van der Waals surface area contributed by atoms with E-state index in [1.807, 2.05) is 0 Å². The van der Waals surface area contributed by atoms with Crippen LogP contribution in [0.2, 0.25) is 0 Å². The van der Waals surface area contributed by atoms with E-state index in [0.29, 0.717) is 30.2 Å². The monoisotopic (exact) mass is 315 g/mol. The van der Waals surface area contributed by atoms with E-state index in [2.05, 4.69) is 10.3 Å². The van der Waals surface area contributed by atoms with Crippen molar-refractivity contribution in [3.8, 4) is 11.6 Å². The van der Waals surface area contributed by atoms with Crippen molar-refractivity contribution in [3.05, 3.63) is 54.1 Å². The molecular formula is C16H14FN3O3. The molecule has 0 spiro atoms. The zero-order valence-electron chi connectivity index (χ0n) is 12.3. The molecule has 0 radical (unpaired) electrons. The van der Waals surface area contributed by atoms with E-state index >= 15 is 0 Å². The Morgan fingerprint density at radius 2 is 2.22 bits per heavy atom. The summed E-state index contributed by atoms with van der Waals surface area (Å²) in [6.45, 7) is 0.771. The van der Waals surface area contributed by atoms with Gasteiger partial charge in [0.2, 0.25) is 5.88 Å². The minimum absolute atomic E-state index is 0.179. The van der Waals surface area contributed by atoms with Crippen LogP contribution in [0.5, 0.6) is 11.6 Å². The number of rotatable bonds is 6. The third-order valence-electron chi connectivity index (χ3n) is 3.38. The van der Waals surface area contributed by atoms with E-state index < -0.39 is 5.82 Å². The van der Waals surface area contributed by atoms with Crippen LogP contribution in [0.25, 0.3) is 5.65 Å². The number of ether oxygens (including phenoxy) is 2. The number of carbonyl (C=O) groups is 1. The maximum Gasteiger partial charge on any atom is 0.299 e. The van der Waals surface area contributed by atoms with Gasteiger partial charge in [0.05, 0.1) is 12.8 Å². The summed E-state index contributed by atoms with van der Waals surface area (Å²) in [7, 11) is 1.42. The molecule has 1 aromatic carbocycles. The van der Waals surface area contributed by atoms with Crippen molar-refractivity contribution in [2.24, 2.45) is 0 Å². The minimum Gasteiger partial charge on any atom is -0.494 e. The quantitative estimate of drug-likeness (QED) is 0.708. The van der Waals surface area contributed by atoms with Gasteiger partial charge >= 0.3 is 0 Å². The van der Waals surface area contributed by atoms with Gasteiger partial charge in [0.15, 0.2) is 11.6 Å². The molecule has 0 bridgehead atoms. The fourth-order valence-corrected chi connectivity index (χ4v) is 2.28. The zero-order valence-corrected chi connectivity index (χ0v) is 12.3. The predicted octanol–water partition coefficient (Wildman–Crippen LogP) is 2.63. The zero-order chi connectivity index (χ0) is 16.2. The average molecular weight is 315 g/mol. The van der Waals surface area contributed by atoms with Crippen LogP contribution in [-0.4, -0.2) is 23.0 Å². The molecule has 0 atom stereocenters. The molecule has 0 unspecified atom stereocenters. The smallest absolute Gasteiger partial charge is 0.299 e. The number of hydrogen-bond donors (Lipinski definition) is 1. The highest BCUT2D eigenvalue weighted by Crippen LogP contribution is 2.26. The van der Waals surface area contributed by atoms with Crippen molar-refractivity contribution in [2.45, 2.75) is 6.54 Å². The summed E-state index contributed by atoms with van der Waals surface area (Å²) in [6, 6.07) is 8.17. The first-order chi connectivity index (χ1) is 11.2. The second-order valence-corrected chi connectivity index (χ2v) is 4.74. The Balaban J connectivity index is 1.86. The number of pyridine rings is 1. The maximum atomic E-state index is 13.4. The molecule has 3 rings (SSSR count). The van der Waals surface area contributed by atoms with E-state index in [9.17, 15) is 9.18 Å². The summed E-state index contributed by atoms with van der Waals surface area (Å²) in [6.07, 6.45) is 3.31. The summed E-state index contributed by atoms with van der Waals surface area (Å²) in [5.74, 6) is 0.101. The molecule has 0 aliphatic carbocycles. The molecule has 7 heteroatoms. The van der Waals surface area contributed by atoms with E-state index in [1.54, 1.807) is 41.1 Å². The number of benzene rings is 1. The Morgan fingerprint density at radius 3 is 3.00 bits per heavy atom. The Kier molecular flexibility index (Phi) is 4.09. The number of nitrogens with one attached hydrogen (secondary N) is 1. The summed E-state index contributed by atoms with van der Waals surface area (Å²) in [5.41, 5.74) is 2.10.